The number of aliphatic hydroxyl groups excluding tert-OH is 1. The highest BCUT2D eigenvalue weighted by Crippen LogP contribution is 2.11. The minimum Gasteiger partial charge on any atom is -0.386 e. The van der Waals surface area contributed by atoms with E-state index in [1.54, 1.807) is 23.3 Å². The van der Waals surface area contributed by atoms with E-state index in [9.17, 15) is 5.11 Å². The van der Waals surface area contributed by atoms with Crippen molar-refractivity contribution in [3.8, 4) is 0 Å². The third-order valence-corrected chi connectivity index (χ3v) is 2.36. The number of aromatic nitrogens is 4. The first-order valence-corrected chi connectivity index (χ1v) is 5.35. The number of aryl methyl sites for hydroxylation is 2. The predicted octanol–water partition coefficient (Wildman–Crippen LogP) is 0.664. The smallest absolute Gasteiger partial charge is 0.222 e. The van der Waals surface area contributed by atoms with Crippen molar-refractivity contribution < 1.29 is 5.11 Å². The van der Waals surface area contributed by atoms with Gasteiger partial charge in [-0.05, 0) is 13.0 Å². The first kappa shape index (κ1) is 11.5. The van der Waals surface area contributed by atoms with Gasteiger partial charge in [-0.2, -0.15) is 5.10 Å². The Morgan fingerprint density at radius 2 is 2.35 bits per heavy atom. The van der Waals surface area contributed by atoms with E-state index in [4.69, 9.17) is 0 Å². The number of hydrogen-bond donors (Lipinski definition) is 2. The van der Waals surface area contributed by atoms with E-state index in [0.29, 0.717) is 12.5 Å². The largest absolute Gasteiger partial charge is 0.386 e. The van der Waals surface area contributed by atoms with Crippen molar-refractivity contribution in [3.05, 3.63) is 35.9 Å². The van der Waals surface area contributed by atoms with Crippen LogP contribution in [0.25, 0.3) is 0 Å². The number of anilines is 1. The Labute approximate surface area is 99.3 Å². The molecule has 1 atom stereocenters. The van der Waals surface area contributed by atoms with Crippen molar-refractivity contribution in [2.24, 2.45) is 7.05 Å². The summed E-state index contributed by atoms with van der Waals surface area (Å²) in [5.41, 5.74) is 1.66. The molecule has 90 valence electrons. The molecule has 2 rings (SSSR count). The summed E-state index contributed by atoms with van der Waals surface area (Å²) >= 11 is 0. The molecule has 0 spiro atoms. The average molecular weight is 233 g/mol. The molecule has 2 aromatic heterocycles. The van der Waals surface area contributed by atoms with Crippen LogP contribution in [0.4, 0.5) is 5.95 Å². The molecule has 17 heavy (non-hydrogen) atoms. The van der Waals surface area contributed by atoms with Crippen LogP contribution in [0.15, 0.2) is 24.7 Å². The van der Waals surface area contributed by atoms with Gasteiger partial charge in [0.2, 0.25) is 5.95 Å². The van der Waals surface area contributed by atoms with Crippen molar-refractivity contribution in [2.45, 2.75) is 13.0 Å². The highest BCUT2D eigenvalue weighted by molar-refractivity contribution is 5.25. The van der Waals surface area contributed by atoms with Crippen LogP contribution < -0.4 is 5.32 Å². The van der Waals surface area contributed by atoms with E-state index in [-0.39, 0.29) is 0 Å². The van der Waals surface area contributed by atoms with Gasteiger partial charge >= 0.3 is 0 Å². The van der Waals surface area contributed by atoms with Crippen LogP contribution in [0.5, 0.6) is 0 Å². The topological polar surface area (TPSA) is 75.9 Å². The summed E-state index contributed by atoms with van der Waals surface area (Å²) in [7, 11) is 1.81. The lowest BCUT2D eigenvalue weighted by Crippen LogP contribution is -2.13. The zero-order valence-electron chi connectivity index (χ0n) is 9.83. The summed E-state index contributed by atoms with van der Waals surface area (Å²) < 4.78 is 1.65. The molecular weight excluding hydrogens is 218 g/mol. The fraction of sp³-hybridized carbons (Fsp3) is 0.364. The minimum atomic E-state index is -0.618. The Morgan fingerprint density at radius 3 is 3.00 bits per heavy atom. The molecule has 0 bridgehead atoms. The number of rotatable bonds is 4. The lowest BCUT2D eigenvalue weighted by Gasteiger charge is -2.09. The van der Waals surface area contributed by atoms with Crippen molar-refractivity contribution >= 4 is 5.95 Å². The maximum atomic E-state index is 9.89. The number of nitrogens with zero attached hydrogens (tertiary/aromatic N) is 4. The minimum absolute atomic E-state index is 0.356. The second-order valence-electron chi connectivity index (χ2n) is 3.87. The second kappa shape index (κ2) is 4.92. The number of hydrogen-bond acceptors (Lipinski definition) is 5. The SMILES string of the molecule is Cc1ccnc(NCC(O)c2cnn(C)c2)n1. The monoisotopic (exact) mass is 233 g/mol. The highest BCUT2D eigenvalue weighted by Gasteiger charge is 2.09. The molecule has 2 N–H and O–H groups in total. The van der Waals surface area contributed by atoms with Crippen molar-refractivity contribution in [1.82, 2.24) is 19.7 Å². The third-order valence-electron chi connectivity index (χ3n) is 2.36. The van der Waals surface area contributed by atoms with Crippen molar-refractivity contribution in [2.75, 3.05) is 11.9 Å². The lowest BCUT2D eigenvalue weighted by molar-refractivity contribution is 0.191. The molecule has 6 nitrogen and oxygen atoms in total. The summed E-state index contributed by atoms with van der Waals surface area (Å²) in [6, 6.07) is 1.82. The Balaban J connectivity index is 1.94. The van der Waals surface area contributed by atoms with Crippen LogP contribution in [0.1, 0.15) is 17.4 Å². The molecule has 2 heterocycles. The van der Waals surface area contributed by atoms with Gasteiger partial charge in [-0.1, -0.05) is 0 Å². The van der Waals surface area contributed by atoms with Crippen LogP contribution in [-0.2, 0) is 7.05 Å². The van der Waals surface area contributed by atoms with Gasteiger partial charge in [0, 0.05) is 37.2 Å². The first-order valence-electron chi connectivity index (χ1n) is 5.35. The normalized spacial score (nSPS) is 12.4. The zero-order valence-corrected chi connectivity index (χ0v) is 9.83. The van der Waals surface area contributed by atoms with E-state index in [0.717, 1.165) is 11.3 Å². The molecule has 0 aromatic carbocycles. The van der Waals surface area contributed by atoms with E-state index >= 15 is 0 Å². The highest BCUT2D eigenvalue weighted by atomic mass is 16.3. The Bertz CT molecular complexity index is 496. The maximum Gasteiger partial charge on any atom is 0.222 e. The first-order chi connectivity index (χ1) is 8.15. The molecular formula is C11H15N5O. The molecule has 0 saturated heterocycles. The molecule has 6 heteroatoms. The van der Waals surface area contributed by atoms with Crippen LogP contribution in [0.3, 0.4) is 0 Å². The third kappa shape index (κ3) is 3.01. The number of nitrogens with one attached hydrogen (secondary N) is 1. The molecule has 0 amide bonds. The summed E-state index contributed by atoms with van der Waals surface area (Å²) in [4.78, 5) is 8.25. The molecule has 0 radical (unpaired) electrons. The van der Waals surface area contributed by atoms with E-state index in [1.807, 2.05) is 20.0 Å². The molecule has 0 aliphatic heterocycles. The van der Waals surface area contributed by atoms with Crippen LogP contribution in [-0.4, -0.2) is 31.4 Å². The van der Waals surface area contributed by atoms with Gasteiger partial charge in [0.05, 0.1) is 12.3 Å². The van der Waals surface area contributed by atoms with Gasteiger partial charge in [0.25, 0.3) is 0 Å². The molecule has 0 fully saturated rings. The van der Waals surface area contributed by atoms with Gasteiger partial charge in [-0.3, -0.25) is 4.68 Å². The molecule has 2 aromatic rings. The van der Waals surface area contributed by atoms with Crippen molar-refractivity contribution in [1.29, 1.82) is 0 Å². The van der Waals surface area contributed by atoms with Crippen LogP contribution >= 0.6 is 0 Å². The summed E-state index contributed by atoms with van der Waals surface area (Å²) in [5.74, 6) is 0.521. The second-order valence-corrected chi connectivity index (χ2v) is 3.87. The molecule has 0 saturated carbocycles. The molecule has 1 unspecified atom stereocenters. The predicted molar refractivity (Wildman–Crippen MR) is 63.4 cm³/mol. The Hall–Kier alpha value is -1.95. The maximum absolute atomic E-state index is 9.89. The Morgan fingerprint density at radius 1 is 1.53 bits per heavy atom. The van der Waals surface area contributed by atoms with E-state index in [2.05, 4.69) is 20.4 Å². The van der Waals surface area contributed by atoms with E-state index in [1.165, 1.54) is 0 Å². The van der Waals surface area contributed by atoms with E-state index < -0.39 is 6.10 Å². The zero-order chi connectivity index (χ0) is 12.3. The lowest BCUT2D eigenvalue weighted by atomic mass is 10.2. The molecule has 0 aliphatic rings. The van der Waals surface area contributed by atoms with Gasteiger partial charge in [-0.15, -0.1) is 0 Å². The summed E-state index contributed by atoms with van der Waals surface area (Å²) in [6.45, 7) is 2.25. The number of aliphatic hydroxyl groups is 1. The van der Waals surface area contributed by atoms with Crippen molar-refractivity contribution in [3.63, 3.8) is 0 Å². The van der Waals surface area contributed by atoms with Gasteiger partial charge in [0.15, 0.2) is 0 Å². The van der Waals surface area contributed by atoms with Gasteiger partial charge in [0.1, 0.15) is 0 Å². The quantitative estimate of drug-likeness (QED) is 0.811. The fourth-order valence-electron chi connectivity index (χ4n) is 1.45. The molecule has 0 aliphatic carbocycles. The summed E-state index contributed by atoms with van der Waals surface area (Å²) in [5, 5.41) is 16.9. The van der Waals surface area contributed by atoms with Gasteiger partial charge in [-0.25, -0.2) is 9.97 Å². The standard InChI is InChI=1S/C11H15N5O/c1-8-3-4-12-11(15-8)13-6-10(17)9-5-14-16(2)7-9/h3-5,7,10,17H,6H2,1-2H3,(H,12,13,15). The van der Waals surface area contributed by atoms with Crippen LogP contribution in [0.2, 0.25) is 0 Å². The average Bonchev–Trinajstić information content (AvgIpc) is 2.73. The van der Waals surface area contributed by atoms with Crippen LogP contribution in [0, 0.1) is 6.92 Å². The van der Waals surface area contributed by atoms with Gasteiger partial charge < -0.3 is 10.4 Å². The summed E-state index contributed by atoms with van der Waals surface area (Å²) in [6.07, 6.45) is 4.49. The Kier molecular flexibility index (Phi) is 3.34. The fourth-order valence-corrected chi connectivity index (χ4v) is 1.45.